The van der Waals surface area contributed by atoms with Crippen molar-refractivity contribution >= 4 is 12.4 Å². The Bertz CT molecular complexity index is 625. The van der Waals surface area contributed by atoms with Crippen molar-refractivity contribution in [3.8, 4) is 0 Å². The maximum Gasteiger partial charge on any atom is 0.130 e. The molecule has 0 aliphatic heterocycles. The van der Waals surface area contributed by atoms with Gasteiger partial charge in [0.05, 0.1) is 5.41 Å². The van der Waals surface area contributed by atoms with Gasteiger partial charge in [-0.1, -0.05) is 91.9 Å². The molecule has 0 saturated carbocycles. The third-order valence-corrected chi connectivity index (χ3v) is 4.02. The molecular weight excluding hydrogens is 268 g/mol. The van der Waals surface area contributed by atoms with Gasteiger partial charge in [-0.05, 0) is 24.0 Å². The average Bonchev–Trinajstić information content (AvgIpc) is 2.60. The zero-order valence-electron chi connectivity index (χ0n) is 13.0. The summed E-state index contributed by atoms with van der Waals surface area (Å²) in [4.78, 5) is 11.7. The molecule has 2 rings (SSSR count). The van der Waals surface area contributed by atoms with Crippen molar-refractivity contribution in [1.29, 1.82) is 0 Å². The minimum atomic E-state index is -0.418. The molecule has 0 N–H and O–H groups in total. The Kier molecular flexibility index (Phi) is 5.91. The first-order valence-corrected chi connectivity index (χ1v) is 7.71. The second-order valence-electron chi connectivity index (χ2n) is 5.40. The Hall–Kier alpha value is -2.41. The Morgan fingerprint density at radius 3 is 2.14 bits per heavy atom. The van der Waals surface area contributed by atoms with Gasteiger partial charge in [0.1, 0.15) is 6.29 Å². The highest BCUT2D eigenvalue weighted by molar-refractivity contribution is 5.69. The number of rotatable bonds is 7. The third kappa shape index (κ3) is 4.05. The Balaban J connectivity index is 2.05. The Labute approximate surface area is 133 Å². The van der Waals surface area contributed by atoms with Crippen molar-refractivity contribution in [3.63, 3.8) is 0 Å². The normalized spacial score (nSPS) is 14.2. The lowest BCUT2D eigenvalue weighted by atomic mass is 9.76. The van der Waals surface area contributed by atoms with Crippen molar-refractivity contribution in [2.24, 2.45) is 0 Å². The molecule has 112 valence electrons. The van der Waals surface area contributed by atoms with Gasteiger partial charge in [0, 0.05) is 0 Å². The fraction of sp³-hybridized carbons (Fsp3) is 0.190. The summed E-state index contributed by atoms with van der Waals surface area (Å²) in [6.45, 7) is 2.06. The summed E-state index contributed by atoms with van der Waals surface area (Å²) in [6, 6.07) is 20.2. The first-order chi connectivity index (χ1) is 10.8. The average molecular weight is 290 g/mol. The van der Waals surface area contributed by atoms with Crippen LogP contribution in [-0.4, -0.2) is 6.29 Å². The summed E-state index contributed by atoms with van der Waals surface area (Å²) in [6.07, 6.45) is 10.8. The molecule has 0 saturated heterocycles. The lowest BCUT2D eigenvalue weighted by molar-refractivity contribution is -0.112. The van der Waals surface area contributed by atoms with Gasteiger partial charge in [0.2, 0.25) is 0 Å². The van der Waals surface area contributed by atoms with Gasteiger partial charge in [-0.25, -0.2) is 0 Å². The van der Waals surface area contributed by atoms with Crippen LogP contribution in [0.4, 0.5) is 0 Å². The van der Waals surface area contributed by atoms with Crippen molar-refractivity contribution in [3.05, 3.63) is 90.0 Å². The number of carbonyl (C=O) groups is 1. The maximum absolute atomic E-state index is 11.7. The molecule has 0 fully saturated rings. The molecule has 2 aromatic rings. The monoisotopic (exact) mass is 290 g/mol. The lowest BCUT2D eigenvalue weighted by Crippen LogP contribution is -2.26. The topological polar surface area (TPSA) is 17.1 Å². The molecule has 0 bridgehead atoms. The smallest absolute Gasteiger partial charge is 0.130 e. The molecule has 0 amide bonds. The minimum absolute atomic E-state index is 0.418. The first kappa shape index (κ1) is 16.0. The summed E-state index contributed by atoms with van der Waals surface area (Å²) in [5, 5.41) is 0. The summed E-state index contributed by atoms with van der Waals surface area (Å²) >= 11 is 0. The molecule has 0 spiro atoms. The number of hydrogen-bond donors (Lipinski definition) is 0. The molecular formula is C21H22O. The van der Waals surface area contributed by atoms with E-state index in [4.69, 9.17) is 0 Å². The zero-order valence-corrected chi connectivity index (χ0v) is 13.0. The fourth-order valence-electron chi connectivity index (χ4n) is 2.52. The van der Waals surface area contributed by atoms with E-state index >= 15 is 0 Å². The van der Waals surface area contributed by atoms with E-state index in [0.717, 1.165) is 24.7 Å². The standard InChI is InChI=1S/C21H22O/c1-2-21(18-22,20-15-9-4-10-16-20)17-11-5-8-14-19-12-6-3-7-13-19/h3-16,18H,2,17H2,1H3/b11-5?,14-8+/t21-/m1/s1. The lowest BCUT2D eigenvalue weighted by Gasteiger charge is -2.25. The molecule has 1 atom stereocenters. The van der Waals surface area contributed by atoms with Gasteiger partial charge in [-0.3, -0.25) is 0 Å². The van der Waals surface area contributed by atoms with Crippen LogP contribution < -0.4 is 0 Å². The largest absolute Gasteiger partial charge is 0.302 e. The first-order valence-electron chi connectivity index (χ1n) is 7.71. The summed E-state index contributed by atoms with van der Waals surface area (Å²) in [5.74, 6) is 0. The van der Waals surface area contributed by atoms with E-state index in [1.807, 2.05) is 60.7 Å². The molecule has 0 unspecified atom stereocenters. The van der Waals surface area contributed by atoms with Gasteiger partial charge in [0.25, 0.3) is 0 Å². The number of carbonyl (C=O) groups excluding carboxylic acids is 1. The molecule has 0 radical (unpaired) electrons. The van der Waals surface area contributed by atoms with Crippen molar-refractivity contribution in [2.75, 3.05) is 0 Å². The quantitative estimate of drug-likeness (QED) is 0.506. The predicted octanol–water partition coefficient (Wildman–Crippen LogP) is 5.19. The van der Waals surface area contributed by atoms with Gasteiger partial charge in [-0.2, -0.15) is 0 Å². The Morgan fingerprint density at radius 2 is 1.55 bits per heavy atom. The van der Waals surface area contributed by atoms with Crippen molar-refractivity contribution < 1.29 is 4.79 Å². The third-order valence-electron chi connectivity index (χ3n) is 4.02. The molecule has 2 aromatic carbocycles. The Morgan fingerprint density at radius 1 is 0.909 bits per heavy atom. The molecule has 1 heteroatoms. The minimum Gasteiger partial charge on any atom is -0.302 e. The van der Waals surface area contributed by atoms with Crippen molar-refractivity contribution in [2.45, 2.75) is 25.2 Å². The van der Waals surface area contributed by atoms with Crippen LogP contribution in [0.1, 0.15) is 30.9 Å². The summed E-state index contributed by atoms with van der Waals surface area (Å²) in [5.41, 5.74) is 1.84. The van der Waals surface area contributed by atoms with Crippen LogP contribution in [0.15, 0.2) is 78.9 Å². The van der Waals surface area contributed by atoms with Crippen LogP contribution in [0.3, 0.4) is 0 Å². The van der Waals surface area contributed by atoms with Gasteiger partial charge < -0.3 is 4.79 Å². The summed E-state index contributed by atoms with van der Waals surface area (Å²) < 4.78 is 0. The number of aldehydes is 1. The number of hydrogen-bond acceptors (Lipinski definition) is 1. The second kappa shape index (κ2) is 8.14. The van der Waals surface area contributed by atoms with E-state index < -0.39 is 5.41 Å². The molecule has 22 heavy (non-hydrogen) atoms. The van der Waals surface area contributed by atoms with E-state index in [1.54, 1.807) is 0 Å². The highest BCUT2D eigenvalue weighted by Gasteiger charge is 2.28. The van der Waals surface area contributed by atoms with E-state index in [-0.39, 0.29) is 0 Å². The highest BCUT2D eigenvalue weighted by Crippen LogP contribution is 2.29. The zero-order chi connectivity index (χ0) is 15.7. The fourth-order valence-corrected chi connectivity index (χ4v) is 2.52. The molecule has 0 heterocycles. The van der Waals surface area contributed by atoms with Crippen LogP contribution in [0, 0.1) is 0 Å². The van der Waals surface area contributed by atoms with Gasteiger partial charge >= 0.3 is 0 Å². The van der Waals surface area contributed by atoms with E-state index in [9.17, 15) is 4.79 Å². The van der Waals surface area contributed by atoms with E-state index in [2.05, 4.69) is 31.2 Å². The van der Waals surface area contributed by atoms with Crippen LogP contribution in [-0.2, 0) is 10.2 Å². The molecule has 0 aliphatic carbocycles. The van der Waals surface area contributed by atoms with Gasteiger partial charge in [0.15, 0.2) is 0 Å². The van der Waals surface area contributed by atoms with Crippen LogP contribution in [0.25, 0.3) is 6.08 Å². The van der Waals surface area contributed by atoms with Crippen LogP contribution in [0.5, 0.6) is 0 Å². The van der Waals surface area contributed by atoms with Gasteiger partial charge in [-0.15, -0.1) is 0 Å². The SMILES string of the molecule is CC[C@](C=O)(CC=C/C=C/c1ccccc1)c1ccccc1. The number of allylic oxidation sites excluding steroid dienone is 3. The highest BCUT2D eigenvalue weighted by atomic mass is 16.1. The maximum atomic E-state index is 11.7. The second-order valence-corrected chi connectivity index (χ2v) is 5.40. The van der Waals surface area contributed by atoms with Crippen LogP contribution in [0.2, 0.25) is 0 Å². The number of benzene rings is 2. The van der Waals surface area contributed by atoms with Crippen molar-refractivity contribution in [1.82, 2.24) is 0 Å². The predicted molar refractivity (Wildman–Crippen MR) is 93.7 cm³/mol. The molecule has 0 aliphatic rings. The van der Waals surface area contributed by atoms with E-state index in [1.165, 1.54) is 5.56 Å². The van der Waals surface area contributed by atoms with E-state index in [0.29, 0.717) is 0 Å². The van der Waals surface area contributed by atoms with Crippen LogP contribution >= 0.6 is 0 Å². The molecule has 1 nitrogen and oxygen atoms in total. The summed E-state index contributed by atoms with van der Waals surface area (Å²) in [7, 11) is 0. The molecule has 0 aromatic heterocycles.